The summed E-state index contributed by atoms with van der Waals surface area (Å²) < 4.78 is 5.11. The van der Waals surface area contributed by atoms with Gasteiger partial charge in [0.25, 0.3) is 0 Å². The van der Waals surface area contributed by atoms with Crippen molar-refractivity contribution in [3.8, 4) is 5.75 Å². The Balaban J connectivity index is 2.15. The molecule has 0 bridgehead atoms. The van der Waals surface area contributed by atoms with E-state index < -0.39 is 0 Å². The van der Waals surface area contributed by atoms with Gasteiger partial charge in [-0.25, -0.2) is 0 Å². The maximum absolute atomic E-state index is 6.06. The Morgan fingerprint density at radius 3 is 2.33 bits per heavy atom. The lowest BCUT2D eigenvalue weighted by molar-refractivity contribution is 0.415. The summed E-state index contributed by atoms with van der Waals surface area (Å²) >= 11 is 6.06. The molecule has 0 aliphatic rings. The van der Waals surface area contributed by atoms with Crippen LogP contribution in [0.3, 0.4) is 0 Å². The van der Waals surface area contributed by atoms with Crippen molar-refractivity contribution in [2.45, 2.75) is 6.54 Å². The number of ether oxygens (including phenoxy) is 1. The molecule has 0 saturated heterocycles. The van der Waals surface area contributed by atoms with Gasteiger partial charge in [-0.2, -0.15) is 0 Å². The Hall–Kier alpha value is -1.71. The van der Waals surface area contributed by atoms with Crippen molar-refractivity contribution in [3.05, 3.63) is 53.1 Å². The number of nitrogens with one attached hydrogen (secondary N) is 1. The fourth-order valence-corrected chi connectivity index (χ4v) is 1.89. The second-order valence-electron chi connectivity index (χ2n) is 3.88. The van der Waals surface area contributed by atoms with E-state index >= 15 is 0 Å². The second-order valence-corrected chi connectivity index (χ2v) is 4.28. The number of rotatable bonds is 4. The molecule has 3 N–H and O–H groups in total. The lowest BCUT2D eigenvalue weighted by Gasteiger charge is -2.09. The molecule has 0 unspecified atom stereocenters. The zero-order valence-corrected chi connectivity index (χ0v) is 10.9. The molecule has 0 saturated carbocycles. The number of halogens is 1. The molecule has 0 atom stereocenters. The van der Waals surface area contributed by atoms with E-state index in [0.717, 1.165) is 16.9 Å². The summed E-state index contributed by atoms with van der Waals surface area (Å²) in [7, 11) is 1.60. The highest BCUT2D eigenvalue weighted by atomic mass is 35.5. The molecular weight excluding hydrogens is 248 g/mol. The first-order valence-electron chi connectivity index (χ1n) is 5.62. The Bertz CT molecular complexity index is 526. The van der Waals surface area contributed by atoms with Gasteiger partial charge in [-0.05, 0) is 35.9 Å². The lowest BCUT2D eigenvalue weighted by atomic mass is 10.2. The van der Waals surface area contributed by atoms with E-state index in [2.05, 4.69) is 5.32 Å². The molecule has 0 aromatic heterocycles. The molecule has 0 aliphatic carbocycles. The van der Waals surface area contributed by atoms with Crippen LogP contribution in [0, 0.1) is 0 Å². The molecule has 0 heterocycles. The molecule has 0 amide bonds. The van der Waals surface area contributed by atoms with Crippen molar-refractivity contribution in [3.63, 3.8) is 0 Å². The predicted molar refractivity (Wildman–Crippen MR) is 75.6 cm³/mol. The summed E-state index contributed by atoms with van der Waals surface area (Å²) in [6, 6.07) is 13.5. The molecule has 2 aromatic rings. The third kappa shape index (κ3) is 2.94. The summed E-state index contributed by atoms with van der Waals surface area (Å²) in [5, 5.41) is 3.85. The van der Waals surface area contributed by atoms with Crippen molar-refractivity contribution in [1.82, 2.24) is 0 Å². The van der Waals surface area contributed by atoms with Crippen LogP contribution in [0.1, 0.15) is 5.56 Å². The fraction of sp³-hybridized carbons (Fsp3) is 0.143. The lowest BCUT2D eigenvalue weighted by Crippen LogP contribution is -1.96. The molecule has 94 valence electrons. The van der Waals surface area contributed by atoms with E-state index in [1.807, 2.05) is 42.5 Å². The number of hydrogen-bond donors (Lipinski definition) is 2. The third-order valence-electron chi connectivity index (χ3n) is 2.63. The Morgan fingerprint density at radius 1 is 1.11 bits per heavy atom. The quantitative estimate of drug-likeness (QED) is 0.886. The van der Waals surface area contributed by atoms with Gasteiger partial charge in [0.05, 0.1) is 12.1 Å². The second kappa shape index (κ2) is 5.76. The van der Waals surface area contributed by atoms with E-state index in [0.29, 0.717) is 17.3 Å². The first kappa shape index (κ1) is 12.7. The maximum Gasteiger partial charge on any atom is 0.137 e. The third-order valence-corrected chi connectivity index (χ3v) is 2.93. The van der Waals surface area contributed by atoms with Gasteiger partial charge in [0.2, 0.25) is 0 Å². The molecule has 2 rings (SSSR count). The number of hydrogen-bond acceptors (Lipinski definition) is 3. The minimum absolute atomic E-state index is 0.550. The van der Waals surface area contributed by atoms with Gasteiger partial charge in [0.1, 0.15) is 5.75 Å². The summed E-state index contributed by atoms with van der Waals surface area (Å²) in [6.45, 7) is 0.550. The van der Waals surface area contributed by atoms with Crippen molar-refractivity contribution < 1.29 is 4.74 Å². The SMILES string of the molecule is COc1ccc(Nc2ccc(CN)cc2)cc1Cl. The van der Waals surface area contributed by atoms with Gasteiger partial charge in [-0.15, -0.1) is 0 Å². The summed E-state index contributed by atoms with van der Waals surface area (Å²) in [4.78, 5) is 0. The van der Waals surface area contributed by atoms with Crippen molar-refractivity contribution >= 4 is 23.0 Å². The Morgan fingerprint density at radius 2 is 1.78 bits per heavy atom. The van der Waals surface area contributed by atoms with E-state index in [1.54, 1.807) is 7.11 Å². The number of methoxy groups -OCH3 is 1. The summed E-state index contributed by atoms with van der Waals surface area (Å²) in [5.41, 5.74) is 8.57. The summed E-state index contributed by atoms with van der Waals surface area (Å²) in [6.07, 6.45) is 0. The van der Waals surface area contributed by atoms with Gasteiger partial charge in [-0.3, -0.25) is 0 Å². The average Bonchev–Trinajstić information content (AvgIpc) is 2.40. The topological polar surface area (TPSA) is 47.3 Å². The fourth-order valence-electron chi connectivity index (χ4n) is 1.63. The van der Waals surface area contributed by atoms with Crippen LogP contribution in [-0.4, -0.2) is 7.11 Å². The number of anilines is 2. The van der Waals surface area contributed by atoms with Gasteiger partial charge in [-0.1, -0.05) is 23.7 Å². The maximum atomic E-state index is 6.06. The van der Waals surface area contributed by atoms with Crippen LogP contribution >= 0.6 is 11.6 Å². The minimum atomic E-state index is 0.550. The predicted octanol–water partition coefficient (Wildman–Crippen LogP) is 3.55. The van der Waals surface area contributed by atoms with Gasteiger partial charge < -0.3 is 15.8 Å². The van der Waals surface area contributed by atoms with Crippen LogP contribution in [-0.2, 0) is 6.54 Å². The molecule has 0 fully saturated rings. The Labute approximate surface area is 112 Å². The van der Waals surface area contributed by atoms with E-state index in [1.165, 1.54) is 0 Å². The minimum Gasteiger partial charge on any atom is -0.495 e. The zero-order valence-electron chi connectivity index (χ0n) is 10.1. The normalized spacial score (nSPS) is 10.2. The van der Waals surface area contributed by atoms with Crippen molar-refractivity contribution in [1.29, 1.82) is 0 Å². The molecule has 2 aromatic carbocycles. The van der Waals surface area contributed by atoms with Gasteiger partial charge in [0.15, 0.2) is 0 Å². The number of nitrogens with two attached hydrogens (primary N) is 1. The van der Waals surface area contributed by atoms with E-state index in [4.69, 9.17) is 22.1 Å². The molecule has 4 heteroatoms. The highest BCUT2D eigenvalue weighted by molar-refractivity contribution is 6.32. The van der Waals surface area contributed by atoms with Crippen molar-refractivity contribution in [2.24, 2.45) is 5.73 Å². The molecule has 3 nitrogen and oxygen atoms in total. The highest BCUT2D eigenvalue weighted by Crippen LogP contribution is 2.28. The molecule has 0 spiro atoms. The first-order chi connectivity index (χ1) is 8.72. The molecule has 0 aliphatic heterocycles. The highest BCUT2D eigenvalue weighted by Gasteiger charge is 2.02. The van der Waals surface area contributed by atoms with Crippen LogP contribution < -0.4 is 15.8 Å². The molecule has 18 heavy (non-hydrogen) atoms. The van der Waals surface area contributed by atoms with Crippen LogP contribution in [0.5, 0.6) is 5.75 Å². The smallest absolute Gasteiger partial charge is 0.137 e. The van der Waals surface area contributed by atoms with E-state index in [9.17, 15) is 0 Å². The largest absolute Gasteiger partial charge is 0.495 e. The zero-order chi connectivity index (χ0) is 13.0. The van der Waals surface area contributed by atoms with Crippen LogP contribution in [0.2, 0.25) is 5.02 Å². The standard InChI is InChI=1S/C14H15ClN2O/c1-18-14-7-6-12(8-13(14)15)17-11-4-2-10(9-16)3-5-11/h2-8,17H,9,16H2,1H3. The molecule has 0 radical (unpaired) electrons. The van der Waals surface area contributed by atoms with Crippen LogP contribution in [0.15, 0.2) is 42.5 Å². The van der Waals surface area contributed by atoms with Gasteiger partial charge in [0, 0.05) is 17.9 Å². The number of benzene rings is 2. The Kier molecular flexibility index (Phi) is 4.07. The van der Waals surface area contributed by atoms with Crippen LogP contribution in [0.25, 0.3) is 0 Å². The summed E-state index contributed by atoms with van der Waals surface area (Å²) in [5.74, 6) is 0.667. The monoisotopic (exact) mass is 262 g/mol. The van der Waals surface area contributed by atoms with E-state index in [-0.39, 0.29) is 0 Å². The van der Waals surface area contributed by atoms with Crippen LogP contribution in [0.4, 0.5) is 11.4 Å². The molecular formula is C14H15ClN2O. The van der Waals surface area contributed by atoms with Crippen molar-refractivity contribution in [2.75, 3.05) is 12.4 Å². The van der Waals surface area contributed by atoms with Gasteiger partial charge >= 0.3 is 0 Å². The average molecular weight is 263 g/mol. The first-order valence-corrected chi connectivity index (χ1v) is 6.00.